The van der Waals surface area contributed by atoms with Crippen molar-refractivity contribution < 1.29 is 19.8 Å². The standard InChI is InChI=1S/C11H12Cl2N2O4/c12-6-1-2-8(7(13)5-6)14-11(19)15-9(3-4-16)10(17)18/h1-2,5,9,16H,3-4H2,(H,17,18)(H2,14,15,19)/t9-/m0/s1. The maximum Gasteiger partial charge on any atom is 0.326 e. The van der Waals surface area contributed by atoms with E-state index in [0.717, 1.165) is 0 Å². The summed E-state index contributed by atoms with van der Waals surface area (Å²) in [5, 5.41) is 22.8. The van der Waals surface area contributed by atoms with Gasteiger partial charge in [-0.2, -0.15) is 0 Å². The Morgan fingerprint density at radius 3 is 2.53 bits per heavy atom. The van der Waals surface area contributed by atoms with Crippen molar-refractivity contribution in [1.29, 1.82) is 0 Å². The molecule has 0 unspecified atom stereocenters. The van der Waals surface area contributed by atoms with Crippen LogP contribution in [0.3, 0.4) is 0 Å². The molecule has 1 rings (SSSR count). The molecule has 1 aromatic carbocycles. The molecule has 0 aromatic heterocycles. The molecular weight excluding hydrogens is 295 g/mol. The Hall–Kier alpha value is -1.50. The van der Waals surface area contributed by atoms with E-state index in [1.807, 2.05) is 0 Å². The van der Waals surface area contributed by atoms with Crippen LogP contribution in [0, 0.1) is 0 Å². The molecule has 8 heteroatoms. The molecule has 2 amide bonds. The van der Waals surface area contributed by atoms with Gasteiger partial charge in [0, 0.05) is 18.1 Å². The van der Waals surface area contributed by atoms with E-state index < -0.39 is 18.0 Å². The van der Waals surface area contributed by atoms with Gasteiger partial charge in [0.2, 0.25) is 0 Å². The van der Waals surface area contributed by atoms with Crippen LogP contribution in [-0.4, -0.2) is 34.9 Å². The summed E-state index contributed by atoms with van der Waals surface area (Å²) in [4.78, 5) is 22.4. The molecule has 1 atom stereocenters. The summed E-state index contributed by atoms with van der Waals surface area (Å²) < 4.78 is 0. The van der Waals surface area contributed by atoms with Gasteiger partial charge >= 0.3 is 12.0 Å². The zero-order valence-electron chi connectivity index (χ0n) is 9.69. The Labute approximate surface area is 119 Å². The minimum atomic E-state index is -1.23. The summed E-state index contributed by atoms with van der Waals surface area (Å²) in [5.41, 5.74) is 0.303. The van der Waals surface area contributed by atoms with Crippen LogP contribution in [0.1, 0.15) is 6.42 Å². The molecule has 0 spiro atoms. The highest BCUT2D eigenvalue weighted by Gasteiger charge is 2.19. The van der Waals surface area contributed by atoms with Gasteiger partial charge in [-0.15, -0.1) is 0 Å². The molecule has 104 valence electrons. The second kappa shape index (κ2) is 7.18. The summed E-state index contributed by atoms with van der Waals surface area (Å²) >= 11 is 11.6. The lowest BCUT2D eigenvalue weighted by Crippen LogP contribution is -2.43. The Balaban J connectivity index is 2.66. The summed E-state index contributed by atoms with van der Waals surface area (Å²) in [6.45, 7) is -0.348. The fourth-order valence-electron chi connectivity index (χ4n) is 1.29. The molecule has 19 heavy (non-hydrogen) atoms. The zero-order chi connectivity index (χ0) is 14.4. The number of halogens is 2. The molecule has 0 aliphatic heterocycles. The first-order chi connectivity index (χ1) is 8.93. The van der Waals surface area contributed by atoms with Gasteiger partial charge in [0.25, 0.3) is 0 Å². The molecular formula is C11H12Cl2N2O4. The van der Waals surface area contributed by atoms with Gasteiger partial charge in [0.15, 0.2) is 0 Å². The molecule has 0 fully saturated rings. The van der Waals surface area contributed by atoms with E-state index in [1.54, 1.807) is 0 Å². The van der Waals surface area contributed by atoms with E-state index in [2.05, 4.69) is 10.6 Å². The SMILES string of the molecule is O=C(Nc1ccc(Cl)cc1Cl)N[C@@H](CCO)C(=O)O. The molecule has 0 aliphatic carbocycles. The first-order valence-electron chi connectivity index (χ1n) is 5.30. The number of carboxylic acid groups (broad SMARTS) is 1. The second-order valence-electron chi connectivity index (χ2n) is 3.63. The number of aliphatic hydroxyl groups excluding tert-OH is 1. The number of urea groups is 1. The summed E-state index contributed by atoms with van der Waals surface area (Å²) in [6.07, 6.45) is -0.0862. The highest BCUT2D eigenvalue weighted by molar-refractivity contribution is 6.36. The number of hydrogen-bond acceptors (Lipinski definition) is 3. The van der Waals surface area contributed by atoms with Crippen LogP contribution in [0.2, 0.25) is 10.0 Å². The number of nitrogens with one attached hydrogen (secondary N) is 2. The Kier molecular flexibility index (Phi) is 5.88. The van der Waals surface area contributed by atoms with Gasteiger partial charge in [-0.05, 0) is 18.2 Å². The van der Waals surface area contributed by atoms with Crippen molar-refractivity contribution >= 4 is 40.9 Å². The van der Waals surface area contributed by atoms with E-state index in [9.17, 15) is 9.59 Å². The first-order valence-corrected chi connectivity index (χ1v) is 6.06. The lowest BCUT2D eigenvalue weighted by Gasteiger charge is -2.14. The number of aliphatic hydroxyl groups is 1. The van der Waals surface area contributed by atoms with E-state index in [0.29, 0.717) is 10.7 Å². The number of carbonyl (C=O) groups is 2. The van der Waals surface area contributed by atoms with Crippen LogP contribution in [0.25, 0.3) is 0 Å². The number of anilines is 1. The average molecular weight is 307 g/mol. The number of hydrogen-bond donors (Lipinski definition) is 4. The molecule has 0 heterocycles. The topological polar surface area (TPSA) is 98.7 Å². The van der Waals surface area contributed by atoms with Gasteiger partial charge < -0.3 is 20.8 Å². The van der Waals surface area contributed by atoms with Crippen molar-refractivity contribution in [3.63, 3.8) is 0 Å². The van der Waals surface area contributed by atoms with Crippen LogP contribution in [0.5, 0.6) is 0 Å². The predicted octanol–water partition coefficient (Wildman–Crippen LogP) is 1.95. The number of amides is 2. The molecule has 1 aromatic rings. The van der Waals surface area contributed by atoms with Crippen LogP contribution < -0.4 is 10.6 Å². The van der Waals surface area contributed by atoms with E-state index in [1.165, 1.54) is 18.2 Å². The molecule has 0 saturated carbocycles. The zero-order valence-corrected chi connectivity index (χ0v) is 11.2. The van der Waals surface area contributed by atoms with Gasteiger partial charge in [0.1, 0.15) is 6.04 Å². The molecule has 0 aliphatic rings. The Morgan fingerprint density at radius 2 is 2.00 bits per heavy atom. The van der Waals surface area contributed by atoms with Crippen LogP contribution in [0.4, 0.5) is 10.5 Å². The van der Waals surface area contributed by atoms with E-state index in [-0.39, 0.29) is 18.1 Å². The molecule has 0 radical (unpaired) electrons. The maximum absolute atomic E-state index is 11.6. The van der Waals surface area contributed by atoms with Crippen molar-refractivity contribution in [2.75, 3.05) is 11.9 Å². The van der Waals surface area contributed by atoms with Gasteiger partial charge in [-0.3, -0.25) is 0 Å². The summed E-state index contributed by atoms with van der Waals surface area (Å²) in [5.74, 6) is -1.23. The Bertz CT molecular complexity index is 482. The molecule has 0 bridgehead atoms. The van der Waals surface area contributed by atoms with Gasteiger partial charge in [-0.1, -0.05) is 23.2 Å². The highest BCUT2D eigenvalue weighted by atomic mass is 35.5. The van der Waals surface area contributed by atoms with Crippen molar-refractivity contribution in [1.82, 2.24) is 5.32 Å². The van der Waals surface area contributed by atoms with Gasteiger partial charge in [-0.25, -0.2) is 9.59 Å². The third-order valence-electron chi connectivity index (χ3n) is 2.20. The average Bonchev–Trinajstić information content (AvgIpc) is 2.32. The van der Waals surface area contributed by atoms with Crippen LogP contribution in [0.15, 0.2) is 18.2 Å². The fraction of sp³-hybridized carbons (Fsp3) is 0.273. The quantitative estimate of drug-likeness (QED) is 0.668. The third-order valence-corrected chi connectivity index (χ3v) is 2.75. The lowest BCUT2D eigenvalue weighted by molar-refractivity contribution is -0.139. The summed E-state index contributed by atoms with van der Waals surface area (Å²) in [6, 6.07) is 2.57. The summed E-state index contributed by atoms with van der Waals surface area (Å²) in [7, 11) is 0. The minimum absolute atomic E-state index is 0.0862. The highest BCUT2D eigenvalue weighted by Crippen LogP contribution is 2.25. The van der Waals surface area contributed by atoms with Crippen molar-refractivity contribution in [2.24, 2.45) is 0 Å². The number of aliphatic carboxylic acids is 1. The van der Waals surface area contributed by atoms with Crippen LogP contribution in [-0.2, 0) is 4.79 Å². The fourth-order valence-corrected chi connectivity index (χ4v) is 1.75. The van der Waals surface area contributed by atoms with Gasteiger partial charge in [0.05, 0.1) is 10.7 Å². The monoisotopic (exact) mass is 306 g/mol. The minimum Gasteiger partial charge on any atom is -0.480 e. The number of benzene rings is 1. The first kappa shape index (κ1) is 15.6. The second-order valence-corrected chi connectivity index (χ2v) is 4.47. The third kappa shape index (κ3) is 4.94. The van der Waals surface area contributed by atoms with E-state index in [4.69, 9.17) is 33.4 Å². The number of rotatable bonds is 5. The lowest BCUT2D eigenvalue weighted by atomic mass is 10.2. The number of carbonyl (C=O) groups excluding carboxylic acids is 1. The van der Waals surface area contributed by atoms with Crippen molar-refractivity contribution in [3.8, 4) is 0 Å². The normalized spacial score (nSPS) is 11.7. The molecule has 0 saturated heterocycles. The Morgan fingerprint density at radius 1 is 1.32 bits per heavy atom. The predicted molar refractivity (Wildman–Crippen MR) is 71.7 cm³/mol. The molecule has 4 N–H and O–H groups in total. The van der Waals surface area contributed by atoms with Crippen molar-refractivity contribution in [2.45, 2.75) is 12.5 Å². The van der Waals surface area contributed by atoms with Crippen molar-refractivity contribution in [3.05, 3.63) is 28.2 Å². The van der Waals surface area contributed by atoms with E-state index >= 15 is 0 Å². The smallest absolute Gasteiger partial charge is 0.326 e. The van der Waals surface area contributed by atoms with Crippen LogP contribution >= 0.6 is 23.2 Å². The number of carboxylic acids is 1. The molecule has 6 nitrogen and oxygen atoms in total. The largest absolute Gasteiger partial charge is 0.480 e. The maximum atomic E-state index is 11.6.